The van der Waals surface area contributed by atoms with Crippen molar-refractivity contribution in [1.82, 2.24) is 0 Å². The number of benzene rings is 2. The van der Waals surface area contributed by atoms with Gasteiger partial charge in [-0.15, -0.1) is 0 Å². The van der Waals surface area contributed by atoms with Crippen LogP contribution in [0.3, 0.4) is 0 Å². The normalized spacial score (nSPS) is 15.4. The standard InChI is InChI=1S/C19H16N2O4/c1-12-16(11-14-5-3-4-6-17(14)25-2)18(22)21(20-12)15-9-7-13(8-10-15)19(23)24/h3-11H,1-2H3,(H,23,24). The summed E-state index contributed by atoms with van der Waals surface area (Å²) in [6.07, 6.45) is 1.74. The number of hydrogen-bond donors (Lipinski definition) is 1. The zero-order valence-electron chi connectivity index (χ0n) is 13.8. The van der Waals surface area contributed by atoms with Crippen molar-refractivity contribution in [3.05, 3.63) is 65.2 Å². The average Bonchev–Trinajstić information content (AvgIpc) is 2.90. The number of anilines is 1. The molecule has 2 aromatic carbocycles. The highest BCUT2D eigenvalue weighted by atomic mass is 16.5. The quantitative estimate of drug-likeness (QED) is 0.870. The van der Waals surface area contributed by atoms with E-state index in [0.717, 1.165) is 5.56 Å². The summed E-state index contributed by atoms with van der Waals surface area (Å²) < 4.78 is 5.31. The number of carbonyl (C=O) groups excluding carboxylic acids is 1. The van der Waals surface area contributed by atoms with Gasteiger partial charge in [0, 0.05) is 5.56 Å². The molecule has 0 aromatic heterocycles. The van der Waals surface area contributed by atoms with E-state index in [1.54, 1.807) is 32.2 Å². The molecule has 0 atom stereocenters. The molecule has 0 aliphatic carbocycles. The Morgan fingerprint density at radius 3 is 2.48 bits per heavy atom. The maximum Gasteiger partial charge on any atom is 0.335 e. The number of rotatable bonds is 4. The number of hydrazone groups is 1. The number of carboxylic acid groups (broad SMARTS) is 1. The van der Waals surface area contributed by atoms with Crippen molar-refractivity contribution >= 4 is 29.4 Å². The Balaban J connectivity index is 1.93. The van der Waals surface area contributed by atoms with Crippen molar-refractivity contribution in [1.29, 1.82) is 0 Å². The monoisotopic (exact) mass is 336 g/mol. The number of carbonyl (C=O) groups is 2. The number of amides is 1. The fourth-order valence-electron chi connectivity index (χ4n) is 2.55. The van der Waals surface area contributed by atoms with E-state index in [4.69, 9.17) is 9.84 Å². The van der Waals surface area contributed by atoms with Crippen LogP contribution in [0.4, 0.5) is 5.69 Å². The van der Waals surface area contributed by atoms with E-state index < -0.39 is 5.97 Å². The third-order valence-corrected chi connectivity index (χ3v) is 3.86. The molecule has 6 nitrogen and oxygen atoms in total. The molecule has 0 radical (unpaired) electrons. The van der Waals surface area contributed by atoms with Gasteiger partial charge in [0.25, 0.3) is 5.91 Å². The van der Waals surface area contributed by atoms with Crippen LogP contribution in [0.1, 0.15) is 22.8 Å². The lowest BCUT2D eigenvalue weighted by atomic mass is 10.1. The van der Waals surface area contributed by atoms with Crippen LogP contribution in [-0.4, -0.2) is 29.8 Å². The lowest BCUT2D eigenvalue weighted by molar-refractivity contribution is -0.114. The van der Waals surface area contributed by atoms with Crippen LogP contribution in [0, 0.1) is 0 Å². The fourth-order valence-corrected chi connectivity index (χ4v) is 2.55. The molecule has 0 unspecified atom stereocenters. The Morgan fingerprint density at radius 2 is 1.84 bits per heavy atom. The van der Waals surface area contributed by atoms with E-state index in [2.05, 4.69) is 5.10 Å². The molecule has 1 aliphatic heterocycles. The van der Waals surface area contributed by atoms with E-state index in [-0.39, 0.29) is 11.5 Å². The second kappa shape index (κ2) is 6.60. The molecule has 0 bridgehead atoms. The molecule has 0 saturated carbocycles. The van der Waals surface area contributed by atoms with E-state index in [9.17, 15) is 9.59 Å². The molecule has 0 spiro atoms. The van der Waals surface area contributed by atoms with Gasteiger partial charge in [-0.3, -0.25) is 4.79 Å². The second-order valence-corrected chi connectivity index (χ2v) is 5.45. The summed E-state index contributed by atoms with van der Waals surface area (Å²) in [7, 11) is 1.57. The first kappa shape index (κ1) is 16.4. The molecular weight excluding hydrogens is 320 g/mol. The molecule has 1 heterocycles. The van der Waals surface area contributed by atoms with E-state index >= 15 is 0 Å². The predicted octanol–water partition coefficient (Wildman–Crippen LogP) is 3.20. The smallest absolute Gasteiger partial charge is 0.335 e. The summed E-state index contributed by atoms with van der Waals surface area (Å²) >= 11 is 0. The van der Waals surface area contributed by atoms with Crippen LogP contribution in [0.25, 0.3) is 6.08 Å². The van der Waals surface area contributed by atoms with Crippen molar-refractivity contribution < 1.29 is 19.4 Å². The van der Waals surface area contributed by atoms with Gasteiger partial charge in [-0.05, 0) is 43.3 Å². The van der Waals surface area contributed by atoms with Crippen LogP contribution < -0.4 is 9.75 Å². The van der Waals surface area contributed by atoms with Gasteiger partial charge >= 0.3 is 5.97 Å². The number of methoxy groups -OCH3 is 1. The van der Waals surface area contributed by atoms with Crippen molar-refractivity contribution in [3.8, 4) is 5.75 Å². The van der Waals surface area contributed by atoms with E-state index in [0.29, 0.717) is 22.7 Å². The molecule has 1 amide bonds. The van der Waals surface area contributed by atoms with Gasteiger partial charge in [0.1, 0.15) is 5.75 Å². The minimum atomic E-state index is -1.02. The first-order chi connectivity index (χ1) is 12.0. The third-order valence-electron chi connectivity index (χ3n) is 3.86. The van der Waals surface area contributed by atoms with E-state index in [1.165, 1.54) is 17.1 Å². The maximum absolute atomic E-state index is 12.7. The Bertz CT molecular complexity index is 898. The summed E-state index contributed by atoms with van der Waals surface area (Å²) in [5.74, 6) is -0.623. The van der Waals surface area contributed by atoms with Crippen LogP contribution in [0.5, 0.6) is 5.75 Å². The van der Waals surface area contributed by atoms with Crippen LogP contribution in [0.15, 0.2) is 59.2 Å². The summed E-state index contributed by atoms with van der Waals surface area (Å²) in [5, 5.41) is 14.5. The van der Waals surface area contributed by atoms with Gasteiger partial charge < -0.3 is 9.84 Å². The second-order valence-electron chi connectivity index (χ2n) is 5.45. The Morgan fingerprint density at radius 1 is 1.16 bits per heavy atom. The molecule has 25 heavy (non-hydrogen) atoms. The highest BCUT2D eigenvalue weighted by Crippen LogP contribution is 2.27. The highest BCUT2D eigenvalue weighted by Gasteiger charge is 2.29. The van der Waals surface area contributed by atoms with Crippen molar-refractivity contribution in [2.45, 2.75) is 6.92 Å². The molecule has 3 rings (SSSR count). The maximum atomic E-state index is 12.7. The molecule has 0 fully saturated rings. The van der Waals surface area contributed by atoms with Crippen LogP contribution in [0.2, 0.25) is 0 Å². The molecule has 1 N–H and O–H groups in total. The number of carboxylic acids is 1. The predicted molar refractivity (Wildman–Crippen MR) is 95.0 cm³/mol. The van der Waals surface area contributed by atoms with Gasteiger partial charge in [0.2, 0.25) is 0 Å². The van der Waals surface area contributed by atoms with Crippen LogP contribution >= 0.6 is 0 Å². The molecular formula is C19H16N2O4. The van der Waals surface area contributed by atoms with Crippen molar-refractivity contribution in [3.63, 3.8) is 0 Å². The topological polar surface area (TPSA) is 79.2 Å². The third kappa shape index (κ3) is 3.14. The van der Waals surface area contributed by atoms with E-state index in [1.807, 2.05) is 24.3 Å². The highest BCUT2D eigenvalue weighted by molar-refractivity contribution is 6.32. The number of hydrogen-bond acceptors (Lipinski definition) is 4. The average molecular weight is 336 g/mol. The largest absolute Gasteiger partial charge is 0.496 e. The molecule has 126 valence electrons. The molecule has 0 saturated heterocycles. The first-order valence-electron chi connectivity index (χ1n) is 7.59. The first-order valence-corrected chi connectivity index (χ1v) is 7.59. The molecule has 1 aliphatic rings. The van der Waals surface area contributed by atoms with Gasteiger partial charge in [0.15, 0.2) is 0 Å². The Hall–Kier alpha value is -3.41. The fraction of sp³-hybridized carbons (Fsp3) is 0.105. The number of para-hydroxylation sites is 1. The van der Waals surface area contributed by atoms with Gasteiger partial charge in [-0.1, -0.05) is 18.2 Å². The summed E-state index contributed by atoms with van der Waals surface area (Å²) in [6.45, 7) is 1.75. The lowest BCUT2D eigenvalue weighted by Crippen LogP contribution is -2.21. The lowest BCUT2D eigenvalue weighted by Gasteiger charge is -2.12. The number of nitrogens with zero attached hydrogens (tertiary/aromatic N) is 2. The molecule has 2 aromatic rings. The van der Waals surface area contributed by atoms with Crippen molar-refractivity contribution in [2.75, 3.05) is 12.1 Å². The van der Waals surface area contributed by atoms with Gasteiger partial charge in [-0.25, -0.2) is 4.79 Å². The Labute approximate surface area is 144 Å². The summed E-state index contributed by atoms with van der Waals surface area (Å²) in [4.78, 5) is 23.7. The van der Waals surface area contributed by atoms with Crippen LogP contribution in [-0.2, 0) is 4.79 Å². The zero-order chi connectivity index (χ0) is 18.0. The van der Waals surface area contributed by atoms with Crippen molar-refractivity contribution in [2.24, 2.45) is 5.10 Å². The SMILES string of the molecule is COc1ccccc1C=C1C(=O)N(c2ccc(C(=O)O)cc2)N=C1C. The molecule has 6 heteroatoms. The Kier molecular flexibility index (Phi) is 4.35. The summed E-state index contributed by atoms with van der Waals surface area (Å²) in [5.41, 5.74) is 2.50. The zero-order valence-corrected chi connectivity index (χ0v) is 13.8. The minimum Gasteiger partial charge on any atom is -0.496 e. The number of aromatic carboxylic acids is 1. The summed E-state index contributed by atoms with van der Waals surface area (Å²) in [6, 6.07) is 13.4. The minimum absolute atomic E-state index is 0.154. The number of ether oxygens (including phenoxy) is 1. The van der Waals surface area contributed by atoms with Gasteiger partial charge in [0.05, 0.1) is 29.6 Å². The van der Waals surface area contributed by atoms with Gasteiger partial charge in [-0.2, -0.15) is 10.1 Å².